The number of benzene rings is 1. The van der Waals surface area contributed by atoms with E-state index in [1.54, 1.807) is 24.5 Å². The summed E-state index contributed by atoms with van der Waals surface area (Å²) in [5.74, 6) is 1.10. The lowest BCUT2D eigenvalue weighted by Crippen LogP contribution is -1.98. The van der Waals surface area contributed by atoms with Crippen molar-refractivity contribution < 1.29 is 4.39 Å². The van der Waals surface area contributed by atoms with Gasteiger partial charge in [-0.25, -0.2) is 9.37 Å². The summed E-state index contributed by atoms with van der Waals surface area (Å²) in [6.45, 7) is 1.86. The molecule has 1 aromatic carbocycles. The first-order valence-corrected chi connectivity index (χ1v) is 5.43. The largest absolute Gasteiger partial charge is 0.337 e. The van der Waals surface area contributed by atoms with E-state index in [0.29, 0.717) is 11.5 Å². The van der Waals surface area contributed by atoms with Crippen molar-refractivity contribution >= 4 is 17.2 Å². The van der Waals surface area contributed by atoms with Gasteiger partial charge in [0.1, 0.15) is 11.6 Å². The molecule has 0 spiro atoms. The molecule has 3 rings (SSSR count). The van der Waals surface area contributed by atoms with E-state index in [4.69, 9.17) is 0 Å². The van der Waals surface area contributed by atoms with Gasteiger partial charge in [-0.05, 0) is 31.2 Å². The lowest BCUT2D eigenvalue weighted by Gasteiger charge is -2.06. The topological polar surface area (TPSA) is 55.1 Å². The number of aromatic nitrogens is 4. The Morgan fingerprint density at radius 2 is 1.94 bits per heavy atom. The summed E-state index contributed by atoms with van der Waals surface area (Å²) in [7, 11) is 0. The van der Waals surface area contributed by atoms with E-state index in [2.05, 4.69) is 20.5 Å². The molecule has 2 heterocycles. The molecule has 0 fully saturated rings. The Hall–Kier alpha value is -2.50. The second-order valence-corrected chi connectivity index (χ2v) is 3.85. The van der Waals surface area contributed by atoms with Crippen LogP contribution in [0.3, 0.4) is 0 Å². The second-order valence-electron chi connectivity index (χ2n) is 3.85. The standard InChI is InChI=1S/C12H10FN5/c1-8-16-17-12-11(14-6-7-18(8)12)15-10-4-2-9(13)3-5-10/h2-7H,1H3,(H,14,15). The number of aryl methyl sites for hydroxylation is 1. The number of nitrogens with one attached hydrogen (secondary N) is 1. The molecule has 1 N–H and O–H groups in total. The number of nitrogens with zero attached hydrogens (tertiary/aromatic N) is 4. The molecular formula is C12H10FN5. The number of anilines is 2. The summed E-state index contributed by atoms with van der Waals surface area (Å²) >= 11 is 0. The quantitative estimate of drug-likeness (QED) is 0.750. The molecular weight excluding hydrogens is 233 g/mol. The molecule has 0 saturated heterocycles. The van der Waals surface area contributed by atoms with E-state index in [9.17, 15) is 4.39 Å². The van der Waals surface area contributed by atoms with Crippen LogP contribution in [0.1, 0.15) is 5.82 Å². The van der Waals surface area contributed by atoms with Crippen LogP contribution < -0.4 is 5.32 Å². The fraction of sp³-hybridized carbons (Fsp3) is 0.0833. The molecule has 90 valence electrons. The molecule has 0 saturated carbocycles. The molecule has 0 unspecified atom stereocenters. The van der Waals surface area contributed by atoms with Crippen molar-refractivity contribution in [3.8, 4) is 0 Å². The Bertz CT molecular complexity index is 689. The Morgan fingerprint density at radius 3 is 2.72 bits per heavy atom. The molecule has 0 aliphatic heterocycles. The number of hydrogen-bond donors (Lipinski definition) is 1. The fourth-order valence-electron chi connectivity index (χ4n) is 1.70. The van der Waals surface area contributed by atoms with Gasteiger partial charge in [0.05, 0.1) is 0 Å². The average molecular weight is 243 g/mol. The van der Waals surface area contributed by atoms with E-state index < -0.39 is 0 Å². The minimum absolute atomic E-state index is 0.273. The van der Waals surface area contributed by atoms with Crippen LogP contribution >= 0.6 is 0 Å². The van der Waals surface area contributed by atoms with Crippen molar-refractivity contribution in [1.29, 1.82) is 0 Å². The first-order valence-electron chi connectivity index (χ1n) is 5.43. The molecule has 5 nitrogen and oxygen atoms in total. The van der Waals surface area contributed by atoms with Crippen LogP contribution in [0.5, 0.6) is 0 Å². The predicted octanol–water partition coefficient (Wildman–Crippen LogP) is 2.32. The molecule has 6 heteroatoms. The van der Waals surface area contributed by atoms with Crippen molar-refractivity contribution in [2.45, 2.75) is 6.92 Å². The van der Waals surface area contributed by atoms with Crippen LogP contribution in [-0.2, 0) is 0 Å². The lowest BCUT2D eigenvalue weighted by atomic mass is 10.3. The normalized spacial score (nSPS) is 10.8. The lowest BCUT2D eigenvalue weighted by molar-refractivity contribution is 0.628. The third-order valence-electron chi connectivity index (χ3n) is 2.60. The third kappa shape index (κ3) is 1.77. The zero-order valence-corrected chi connectivity index (χ0v) is 9.63. The van der Waals surface area contributed by atoms with Crippen molar-refractivity contribution in [3.63, 3.8) is 0 Å². The number of halogens is 1. The van der Waals surface area contributed by atoms with Gasteiger partial charge in [0, 0.05) is 18.1 Å². The monoisotopic (exact) mass is 243 g/mol. The molecule has 0 amide bonds. The van der Waals surface area contributed by atoms with E-state index >= 15 is 0 Å². The highest BCUT2D eigenvalue weighted by Crippen LogP contribution is 2.18. The maximum atomic E-state index is 12.8. The Labute approximate surface area is 102 Å². The molecule has 2 aromatic heterocycles. The van der Waals surface area contributed by atoms with Crippen molar-refractivity contribution in [1.82, 2.24) is 19.6 Å². The molecule has 0 atom stereocenters. The van der Waals surface area contributed by atoms with E-state index in [0.717, 1.165) is 11.5 Å². The van der Waals surface area contributed by atoms with E-state index in [1.807, 2.05) is 11.3 Å². The minimum Gasteiger partial charge on any atom is -0.337 e. The van der Waals surface area contributed by atoms with Crippen molar-refractivity contribution in [2.24, 2.45) is 0 Å². The molecule has 18 heavy (non-hydrogen) atoms. The zero-order valence-electron chi connectivity index (χ0n) is 9.63. The Morgan fingerprint density at radius 1 is 1.17 bits per heavy atom. The molecule has 0 aliphatic rings. The Balaban J connectivity index is 2.02. The van der Waals surface area contributed by atoms with Crippen LogP contribution in [0.4, 0.5) is 15.9 Å². The third-order valence-corrected chi connectivity index (χ3v) is 2.60. The summed E-state index contributed by atoms with van der Waals surface area (Å²) in [5, 5.41) is 11.1. The van der Waals surface area contributed by atoms with Gasteiger partial charge in [0.15, 0.2) is 5.82 Å². The van der Waals surface area contributed by atoms with Gasteiger partial charge >= 0.3 is 0 Å². The number of hydrogen-bond acceptors (Lipinski definition) is 4. The maximum Gasteiger partial charge on any atom is 0.204 e. The highest BCUT2D eigenvalue weighted by atomic mass is 19.1. The molecule has 0 bridgehead atoms. The molecule has 0 aliphatic carbocycles. The van der Waals surface area contributed by atoms with Crippen LogP contribution in [0, 0.1) is 12.7 Å². The van der Waals surface area contributed by atoms with Crippen molar-refractivity contribution in [2.75, 3.05) is 5.32 Å². The first kappa shape index (κ1) is 10.6. The van der Waals surface area contributed by atoms with Gasteiger partial charge in [-0.15, -0.1) is 10.2 Å². The average Bonchev–Trinajstić information content (AvgIpc) is 2.76. The Kier molecular flexibility index (Phi) is 2.40. The van der Waals surface area contributed by atoms with Gasteiger partial charge in [0.25, 0.3) is 0 Å². The predicted molar refractivity (Wildman–Crippen MR) is 65.2 cm³/mol. The highest BCUT2D eigenvalue weighted by Gasteiger charge is 2.07. The van der Waals surface area contributed by atoms with Crippen LogP contribution in [0.15, 0.2) is 36.7 Å². The van der Waals surface area contributed by atoms with Gasteiger partial charge in [-0.3, -0.25) is 4.40 Å². The molecule has 3 aromatic rings. The minimum atomic E-state index is -0.273. The van der Waals surface area contributed by atoms with Crippen molar-refractivity contribution in [3.05, 3.63) is 48.3 Å². The fourth-order valence-corrected chi connectivity index (χ4v) is 1.70. The van der Waals surface area contributed by atoms with Gasteiger partial charge < -0.3 is 5.32 Å². The smallest absolute Gasteiger partial charge is 0.204 e. The van der Waals surface area contributed by atoms with Gasteiger partial charge in [-0.1, -0.05) is 0 Å². The number of rotatable bonds is 2. The summed E-state index contributed by atoms with van der Waals surface area (Å²) in [6.07, 6.45) is 3.45. The summed E-state index contributed by atoms with van der Waals surface area (Å²) in [4.78, 5) is 4.21. The maximum absolute atomic E-state index is 12.8. The van der Waals surface area contributed by atoms with Crippen LogP contribution in [0.2, 0.25) is 0 Å². The first-order chi connectivity index (χ1) is 8.74. The van der Waals surface area contributed by atoms with E-state index in [-0.39, 0.29) is 5.82 Å². The molecule has 0 radical (unpaired) electrons. The highest BCUT2D eigenvalue weighted by molar-refractivity contribution is 5.69. The van der Waals surface area contributed by atoms with E-state index in [1.165, 1.54) is 12.1 Å². The van der Waals surface area contributed by atoms with Crippen LogP contribution in [0.25, 0.3) is 5.65 Å². The number of fused-ring (bicyclic) bond motifs is 1. The summed E-state index contributed by atoms with van der Waals surface area (Å²) < 4.78 is 14.6. The van der Waals surface area contributed by atoms with Gasteiger partial charge in [-0.2, -0.15) is 0 Å². The summed E-state index contributed by atoms with van der Waals surface area (Å²) in [5.41, 5.74) is 1.39. The zero-order chi connectivity index (χ0) is 12.5. The summed E-state index contributed by atoms with van der Waals surface area (Å²) in [6, 6.07) is 6.06. The van der Waals surface area contributed by atoms with Gasteiger partial charge in [0.2, 0.25) is 5.65 Å². The SMILES string of the molecule is Cc1nnc2c(Nc3ccc(F)cc3)nccn12. The van der Waals surface area contributed by atoms with Crippen LogP contribution in [-0.4, -0.2) is 19.6 Å². The second kappa shape index (κ2) is 4.06.